The first-order valence-corrected chi connectivity index (χ1v) is 4.96. The minimum absolute atomic E-state index is 0.630. The van der Waals surface area contributed by atoms with Crippen LogP contribution in [-0.2, 0) is 6.42 Å². The highest BCUT2D eigenvalue weighted by Gasteiger charge is 2.05. The maximum absolute atomic E-state index is 5.55. The molecule has 78 valence electrons. The minimum Gasteiger partial charge on any atom is -0.330 e. The van der Waals surface area contributed by atoms with Crippen LogP contribution in [0, 0.1) is 6.92 Å². The number of hydrogen-bond acceptors (Lipinski definition) is 3. The van der Waals surface area contributed by atoms with Crippen molar-refractivity contribution in [2.45, 2.75) is 13.3 Å². The number of nitrogens with zero attached hydrogens (tertiary/aromatic N) is 3. The average Bonchev–Trinajstić information content (AvgIpc) is 2.67. The SMILES string of the molecule is Cc1ncccc1-n1cncc1CCN. The fourth-order valence-electron chi connectivity index (χ4n) is 1.60. The zero-order valence-corrected chi connectivity index (χ0v) is 8.72. The molecule has 2 heterocycles. The van der Waals surface area contributed by atoms with Crippen molar-refractivity contribution in [3.8, 4) is 5.69 Å². The van der Waals surface area contributed by atoms with E-state index in [1.54, 1.807) is 12.5 Å². The van der Waals surface area contributed by atoms with Gasteiger partial charge in [0.05, 0.1) is 17.7 Å². The molecular weight excluding hydrogens is 188 g/mol. The van der Waals surface area contributed by atoms with E-state index < -0.39 is 0 Å². The van der Waals surface area contributed by atoms with Crippen LogP contribution in [0.25, 0.3) is 5.69 Å². The molecule has 0 aliphatic carbocycles. The Morgan fingerprint density at radius 3 is 3.07 bits per heavy atom. The van der Waals surface area contributed by atoms with Gasteiger partial charge in [0.25, 0.3) is 0 Å². The summed E-state index contributed by atoms with van der Waals surface area (Å²) in [6.07, 6.45) is 6.26. The lowest BCUT2D eigenvalue weighted by Crippen LogP contribution is -2.08. The van der Waals surface area contributed by atoms with E-state index in [-0.39, 0.29) is 0 Å². The molecule has 0 spiro atoms. The van der Waals surface area contributed by atoms with Crippen LogP contribution < -0.4 is 5.73 Å². The number of rotatable bonds is 3. The maximum Gasteiger partial charge on any atom is 0.0994 e. The van der Waals surface area contributed by atoms with E-state index >= 15 is 0 Å². The molecule has 2 aromatic heterocycles. The van der Waals surface area contributed by atoms with Gasteiger partial charge < -0.3 is 10.3 Å². The third-order valence-electron chi connectivity index (χ3n) is 2.35. The Bertz CT molecular complexity index is 447. The van der Waals surface area contributed by atoms with Crippen molar-refractivity contribution in [2.24, 2.45) is 5.73 Å². The summed E-state index contributed by atoms with van der Waals surface area (Å²) in [5, 5.41) is 0. The predicted octanol–water partition coefficient (Wildman–Crippen LogP) is 1.08. The van der Waals surface area contributed by atoms with Crippen molar-refractivity contribution < 1.29 is 0 Å². The average molecular weight is 202 g/mol. The summed E-state index contributed by atoms with van der Waals surface area (Å²) in [4.78, 5) is 8.39. The molecule has 0 amide bonds. The minimum atomic E-state index is 0.630. The zero-order chi connectivity index (χ0) is 10.7. The highest BCUT2D eigenvalue weighted by molar-refractivity contribution is 5.37. The Morgan fingerprint density at radius 2 is 2.33 bits per heavy atom. The van der Waals surface area contributed by atoms with Crippen LogP contribution in [0.1, 0.15) is 11.4 Å². The second kappa shape index (κ2) is 4.23. The fraction of sp³-hybridized carbons (Fsp3) is 0.273. The molecule has 4 nitrogen and oxygen atoms in total. The van der Waals surface area contributed by atoms with Crippen molar-refractivity contribution >= 4 is 0 Å². The number of hydrogen-bond donors (Lipinski definition) is 1. The monoisotopic (exact) mass is 202 g/mol. The van der Waals surface area contributed by atoms with Gasteiger partial charge in [-0.25, -0.2) is 4.98 Å². The topological polar surface area (TPSA) is 56.7 Å². The van der Waals surface area contributed by atoms with Gasteiger partial charge in [-0.3, -0.25) is 4.98 Å². The van der Waals surface area contributed by atoms with Crippen LogP contribution in [0.3, 0.4) is 0 Å². The second-order valence-electron chi connectivity index (χ2n) is 3.40. The summed E-state index contributed by atoms with van der Waals surface area (Å²) < 4.78 is 2.04. The van der Waals surface area contributed by atoms with Crippen LogP contribution >= 0.6 is 0 Å². The van der Waals surface area contributed by atoms with Crippen LogP contribution in [0.15, 0.2) is 30.9 Å². The van der Waals surface area contributed by atoms with Gasteiger partial charge in [0.2, 0.25) is 0 Å². The molecule has 0 atom stereocenters. The molecule has 2 rings (SSSR count). The van der Waals surface area contributed by atoms with Crippen molar-refractivity contribution in [3.63, 3.8) is 0 Å². The number of pyridine rings is 1. The summed E-state index contributed by atoms with van der Waals surface area (Å²) in [5.41, 5.74) is 8.73. The normalized spacial score (nSPS) is 10.5. The van der Waals surface area contributed by atoms with Gasteiger partial charge in [-0.15, -0.1) is 0 Å². The van der Waals surface area contributed by atoms with Crippen molar-refractivity contribution in [3.05, 3.63) is 42.2 Å². The standard InChI is InChI=1S/C11H14N4/c1-9-11(3-2-6-14-9)15-8-13-7-10(15)4-5-12/h2-3,6-8H,4-5,12H2,1H3. The van der Waals surface area contributed by atoms with Crippen LogP contribution in [0.2, 0.25) is 0 Å². The van der Waals surface area contributed by atoms with Crippen molar-refractivity contribution in [2.75, 3.05) is 6.54 Å². The van der Waals surface area contributed by atoms with E-state index in [2.05, 4.69) is 9.97 Å². The molecule has 15 heavy (non-hydrogen) atoms. The Labute approximate surface area is 88.8 Å². The highest BCUT2D eigenvalue weighted by atomic mass is 15.1. The number of aromatic nitrogens is 3. The van der Waals surface area contributed by atoms with Gasteiger partial charge in [-0.1, -0.05) is 0 Å². The van der Waals surface area contributed by atoms with E-state index in [4.69, 9.17) is 5.73 Å². The fourth-order valence-corrected chi connectivity index (χ4v) is 1.60. The number of nitrogens with two attached hydrogens (primary N) is 1. The summed E-state index contributed by atoms with van der Waals surface area (Å²) in [7, 11) is 0. The van der Waals surface area contributed by atoms with E-state index in [1.807, 2.05) is 29.8 Å². The van der Waals surface area contributed by atoms with E-state index in [9.17, 15) is 0 Å². The molecule has 0 aromatic carbocycles. The molecule has 0 saturated carbocycles. The Balaban J connectivity index is 2.45. The summed E-state index contributed by atoms with van der Waals surface area (Å²) >= 11 is 0. The molecule has 0 radical (unpaired) electrons. The molecule has 0 unspecified atom stereocenters. The van der Waals surface area contributed by atoms with Gasteiger partial charge in [0.15, 0.2) is 0 Å². The molecule has 0 aliphatic heterocycles. The molecular formula is C11H14N4. The molecule has 0 saturated heterocycles. The van der Waals surface area contributed by atoms with Gasteiger partial charge in [-0.2, -0.15) is 0 Å². The molecule has 2 aromatic rings. The van der Waals surface area contributed by atoms with Gasteiger partial charge in [0, 0.05) is 24.5 Å². The Hall–Kier alpha value is -1.68. The lowest BCUT2D eigenvalue weighted by atomic mass is 10.2. The number of imidazole rings is 1. The Kier molecular flexibility index (Phi) is 2.78. The zero-order valence-electron chi connectivity index (χ0n) is 8.72. The summed E-state index contributed by atoms with van der Waals surface area (Å²) in [5.74, 6) is 0. The Morgan fingerprint density at radius 1 is 1.47 bits per heavy atom. The van der Waals surface area contributed by atoms with Crippen LogP contribution in [0.5, 0.6) is 0 Å². The molecule has 0 bridgehead atoms. The lowest BCUT2D eigenvalue weighted by molar-refractivity contribution is 0.864. The van der Waals surface area contributed by atoms with Crippen LogP contribution in [-0.4, -0.2) is 21.1 Å². The van der Waals surface area contributed by atoms with E-state index in [0.29, 0.717) is 6.54 Å². The molecule has 2 N–H and O–H groups in total. The third-order valence-corrected chi connectivity index (χ3v) is 2.35. The van der Waals surface area contributed by atoms with Crippen molar-refractivity contribution in [1.82, 2.24) is 14.5 Å². The third kappa shape index (κ3) is 1.89. The highest BCUT2D eigenvalue weighted by Crippen LogP contribution is 2.13. The number of aryl methyl sites for hydroxylation is 1. The van der Waals surface area contributed by atoms with Gasteiger partial charge in [-0.05, 0) is 25.6 Å². The molecule has 0 fully saturated rings. The van der Waals surface area contributed by atoms with Gasteiger partial charge in [0.1, 0.15) is 0 Å². The van der Waals surface area contributed by atoms with E-state index in [0.717, 1.165) is 23.5 Å². The van der Waals surface area contributed by atoms with Gasteiger partial charge >= 0.3 is 0 Å². The first-order valence-electron chi connectivity index (χ1n) is 4.96. The van der Waals surface area contributed by atoms with E-state index in [1.165, 1.54) is 0 Å². The summed E-state index contributed by atoms with van der Waals surface area (Å²) in [6.45, 7) is 2.62. The molecule has 0 aliphatic rings. The summed E-state index contributed by atoms with van der Waals surface area (Å²) in [6, 6.07) is 3.96. The quantitative estimate of drug-likeness (QED) is 0.810. The van der Waals surface area contributed by atoms with Crippen LogP contribution in [0.4, 0.5) is 0 Å². The maximum atomic E-state index is 5.55. The first-order chi connectivity index (χ1) is 7.33. The predicted molar refractivity (Wildman–Crippen MR) is 58.9 cm³/mol. The lowest BCUT2D eigenvalue weighted by Gasteiger charge is -2.09. The van der Waals surface area contributed by atoms with Crippen molar-refractivity contribution in [1.29, 1.82) is 0 Å². The second-order valence-corrected chi connectivity index (χ2v) is 3.40. The molecule has 4 heteroatoms. The smallest absolute Gasteiger partial charge is 0.0994 e. The first kappa shape index (κ1) is 9.86. The largest absolute Gasteiger partial charge is 0.330 e.